The third-order valence-corrected chi connectivity index (χ3v) is 7.70. The number of carbonyl (C=O) groups is 3. The molecule has 3 amide bonds. The predicted octanol–water partition coefficient (Wildman–Crippen LogP) is 8.31. The summed E-state index contributed by atoms with van der Waals surface area (Å²) in [6, 6.07) is 24.1. The molecule has 0 aromatic heterocycles. The molecule has 0 saturated heterocycles. The highest BCUT2D eigenvalue weighted by molar-refractivity contribution is 8.00. The van der Waals surface area contributed by atoms with Crippen LogP contribution in [-0.2, 0) is 9.59 Å². The average Bonchev–Trinajstić information content (AvgIpc) is 2.96. The molecule has 6 nitrogen and oxygen atoms in total. The van der Waals surface area contributed by atoms with Crippen LogP contribution in [0, 0.1) is 5.82 Å². The molecule has 4 aromatic rings. The van der Waals surface area contributed by atoms with Crippen LogP contribution in [0.2, 0.25) is 15.1 Å². The molecule has 0 aliphatic rings. The third-order valence-electron chi connectivity index (χ3n) is 5.75. The SMILES string of the molecule is CC(Sc1cccc(NC(=O)/C(=C\c2ccc(Cl)cc2Cl)NC(=O)c2ccccc2)c1)C(=O)Nc1ccc(F)c(Cl)c1. The Hall–Kier alpha value is -3.82. The fraction of sp³-hybridized carbons (Fsp3) is 0.0645. The second-order valence-corrected chi connectivity index (χ2v) is 11.6. The van der Waals surface area contributed by atoms with Crippen LogP contribution in [0.15, 0.2) is 102 Å². The number of amides is 3. The second kappa shape index (κ2) is 14.4. The van der Waals surface area contributed by atoms with Crippen LogP contribution >= 0.6 is 46.6 Å². The molecular weight excluding hydrogens is 620 g/mol. The van der Waals surface area contributed by atoms with Crippen molar-refractivity contribution in [2.24, 2.45) is 0 Å². The van der Waals surface area contributed by atoms with E-state index in [0.29, 0.717) is 37.4 Å². The molecule has 0 aliphatic carbocycles. The minimum atomic E-state index is -0.591. The lowest BCUT2D eigenvalue weighted by Crippen LogP contribution is -2.30. The Bertz CT molecular complexity index is 1670. The van der Waals surface area contributed by atoms with E-state index >= 15 is 0 Å². The fourth-order valence-electron chi connectivity index (χ4n) is 3.64. The molecule has 0 aliphatic heterocycles. The molecule has 0 spiro atoms. The number of thioether (sulfide) groups is 1. The summed E-state index contributed by atoms with van der Waals surface area (Å²) in [6.45, 7) is 1.71. The van der Waals surface area contributed by atoms with E-state index in [1.54, 1.807) is 73.7 Å². The number of anilines is 2. The smallest absolute Gasteiger partial charge is 0.272 e. The summed E-state index contributed by atoms with van der Waals surface area (Å²) >= 11 is 19.4. The van der Waals surface area contributed by atoms with Gasteiger partial charge in [-0.25, -0.2) is 4.39 Å². The van der Waals surface area contributed by atoms with Crippen LogP contribution in [-0.4, -0.2) is 23.0 Å². The number of halogens is 4. The largest absolute Gasteiger partial charge is 0.325 e. The molecule has 0 radical (unpaired) electrons. The summed E-state index contributed by atoms with van der Waals surface area (Å²) in [5, 5.41) is 8.26. The topological polar surface area (TPSA) is 87.3 Å². The van der Waals surface area contributed by atoms with Crippen molar-refractivity contribution in [3.05, 3.63) is 129 Å². The number of benzene rings is 4. The molecule has 0 heterocycles. The summed E-state index contributed by atoms with van der Waals surface area (Å²) < 4.78 is 13.4. The molecule has 214 valence electrons. The van der Waals surface area contributed by atoms with Crippen molar-refractivity contribution >= 4 is 81.7 Å². The molecule has 42 heavy (non-hydrogen) atoms. The van der Waals surface area contributed by atoms with Gasteiger partial charge in [0, 0.05) is 31.9 Å². The second-order valence-electron chi connectivity index (χ2n) is 8.90. The third kappa shape index (κ3) is 8.59. The Morgan fingerprint density at radius 3 is 2.26 bits per heavy atom. The molecule has 1 atom stereocenters. The van der Waals surface area contributed by atoms with Gasteiger partial charge in [0.05, 0.1) is 10.3 Å². The Balaban J connectivity index is 1.49. The monoisotopic (exact) mass is 641 g/mol. The van der Waals surface area contributed by atoms with E-state index < -0.39 is 22.9 Å². The Labute approximate surface area is 261 Å². The van der Waals surface area contributed by atoms with Crippen LogP contribution in [0.1, 0.15) is 22.8 Å². The van der Waals surface area contributed by atoms with Crippen molar-refractivity contribution in [3.8, 4) is 0 Å². The molecule has 4 rings (SSSR count). The van der Waals surface area contributed by atoms with E-state index in [0.717, 1.165) is 0 Å². The summed E-state index contributed by atoms with van der Waals surface area (Å²) in [6.07, 6.45) is 1.46. The van der Waals surface area contributed by atoms with Gasteiger partial charge in [-0.1, -0.05) is 65.1 Å². The van der Waals surface area contributed by atoms with Gasteiger partial charge in [0.25, 0.3) is 11.8 Å². The van der Waals surface area contributed by atoms with E-state index in [9.17, 15) is 18.8 Å². The van der Waals surface area contributed by atoms with Crippen molar-refractivity contribution in [3.63, 3.8) is 0 Å². The van der Waals surface area contributed by atoms with Gasteiger partial charge < -0.3 is 16.0 Å². The van der Waals surface area contributed by atoms with Gasteiger partial charge in [-0.15, -0.1) is 11.8 Å². The molecule has 3 N–H and O–H groups in total. The maximum absolute atomic E-state index is 13.4. The zero-order chi connectivity index (χ0) is 30.2. The molecule has 0 bridgehead atoms. The van der Waals surface area contributed by atoms with Crippen molar-refractivity contribution in [1.82, 2.24) is 5.32 Å². The lowest BCUT2D eigenvalue weighted by molar-refractivity contribution is -0.115. The van der Waals surface area contributed by atoms with Gasteiger partial charge in [0.15, 0.2) is 0 Å². The number of nitrogens with one attached hydrogen (secondary N) is 3. The lowest BCUT2D eigenvalue weighted by atomic mass is 10.1. The van der Waals surface area contributed by atoms with Crippen LogP contribution in [0.5, 0.6) is 0 Å². The van der Waals surface area contributed by atoms with Gasteiger partial charge in [0.2, 0.25) is 5.91 Å². The van der Waals surface area contributed by atoms with E-state index in [1.807, 2.05) is 0 Å². The molecule has 0 saturated carbocycles. The molecule has 0 fully saturated rings. The average molecular weight is 643 g/mol. The van der Waals surface area contributed by atoms with Crippen LogP contribution < -0.4 is 16.0 Å². The lowest BCUT2D eigenvalue weighted by Gasteiger charge is -2.14. The first-order valence-electron chi connectivity index (χ1n) is 12.5. The van der Waals surface area contributed by atoms with Gasteiger partial charge in [0.1, 0.15) is 11.5 Å². The van der Waals surface area contributed by atoms with E-state index in [2.05, 4.69) is 16.0 Å². The van der Waals surface area contributed by atoms with Crippen LogP contribution in [0.4, 0.5) is 15.8 Å². The van der Waals surface area contributed by atoms with Gasteiger partial charge >= 0.3 is 0 Å². The van der Waals surface area contributed by atoms with E-state index in [4.69, 9.17) is 34.8 Å². The fourth-order valence-corrected chi connectivity index (χ4v) is 5.21. The molecular formula is C31H23Cl3FN3O3S. The first-order chi connectivity index (χ1) is 20.1. The minimum Gasteiger partial charge on any atom is -0.325 e. The summed E-state index contributed by atoms with van der Waals surface area (Å²) in [7, 11) is 0. The quantitative estimate of drug-likeness (QED) is 0.127. The highest BCUT2D eigenvalue weighted by Gasteiger charge is 2.18. The van der Waals surface area contributed by atoms with Crippen molar-refractivity contribution in [2.45, 2.75) is 17.1 Å². The number of rotatable bonds is 9. The predicted molar refractivity (Wildman–Crippen MR) is 169 cm³/mol. The Morgan fingerprint density at radius 1 is 0.810 bits per heavy atom. The highest BCUT2D eigenvalue weighted by atomic mass is 35.5. The van der Waals surface area contributed by atoms with Crippen LogP contribution in [0.25, 0.3) is 6.08 Å². The Morgan fingerprint density at radius 2 is 1.55 bits per heavy atom. The standard InChI is InChI=1S/C31H23Cl3FN3O3S/c1-18(29(39)36-23-12-13-27(35)26(34)17-23)42-24-9-5-8-22(16-24)37-31(41)28(14-20-10-11-21(32)15-25(20)33)38-30(40)19-6-3-2-4-7-19/h2-18H,1H3,(H,36,39)(H,37,41)(H,38,40)/b28-14+. The first-order valence-corrected chi connectivity index (χ1v) is 14.5. The van der Waals surface area contributed by atoms with Gasteiger partial charge in [-0.2, -0.15) is 0 Å². The number of carbonyl (C=O) groups excluding carboxylic acids is 3. The summed E-state index contributed by atoms with van der Waals surface area (Å²) in [4.78, 5) is 39.7. The number of hydrogen-bond donors (Lipinski definition) is 3. The van der Waals surface area contributed by atoms with Gasteiger partial charge in [-0.3, -0.25) is 14.4 Å². The zero-order valence-electron chi connectivity index (χ0n) is 22.0. The molecule has 11 heteroatoms. The first kappa shape index (κ1) is 31.1. The molecule has 1 unspecified atom stereocenters. The van der Waals surface area contributed by atoms with Crippen LogP contribution in [0.3, 0.4) is 0 Å². The van der Waals surface area contributed by atoms with E-state index in [-0.39, 0.29) is 16.6 Å². The number of hydrogen-bond acceptors (Lipinski definition) is 4. The maximum atomic E-state index is 13.4. The normalized spacial score (nSPS) is 11.9. The minimum absolute atomic E-state index is 0.0446. The van der Waals surface area contributed by atoms with Crippen molar-refractivity contribution in [1.29, 1.82) is 0 Å². The molecule has 4 aromatic carbocycles. The van der Waals surface area contributed by atoms with E-state index in [1.165, 1.54) is 42.1 Å². The Kier molecular flexibility index (Phi) is 10.7. The zero-order valence-corrected chi connectivity index (χ0v) is 25.0. The van der Waals surface area contributed by atoms with Gasteiger partial charge in [-0.05, 0) is 79.2 Å². The van der Waals surface area contributed by atoms with Crippen molar-refractivity contribution in [2.75, 3.05) is 10.6 Å². The maximum Gasteiger partial charge on any atom is 0.272 e. The summed E-state index contributed by atoms with van der Waals surface area (Å²) in [5.74, 6) is -1.96. The summed E-state index contributed by atoms with van der Waals surface area (Å²) in [5.41, 5.74) is 1.61. The van der Waals surface area contributed by atoms with Crippen molar-refractivity contribution < 1.29 is 18.8 Å². The highest BCUT2D eigenvalue weighted by Crippen LogP contribution is 2.28.